The minimum absolute atomic E-state index is 0.125. The van der Waals surface area contributed by atoms with Gasteiger partial charge in [0, 0.05) is 23.8 Å². The maximum atomic E-state index is 12.0. The normalized spacial score (nSPS) is 9.79. The molecule has 0 fully saturated rings. The van der Waals surface area contributed by atoms with E-state index >= 15 is 0 Å². The molecule has 0 saturated heterocycles. The monoisotopic (exact) mass is 419 g/mol. The Morgan fingerprint density at radius 1 is 0.966 bits per heavy atom. The molecule has 0 aliphatic heterocycles. The van der Waals surface area contributed by atoms with E-state index in [9.17, 15) is 29.8 Å². The van der Waals surface area contributed by atoms with Crippen LogP contribution in [0.2, 0.25) is 0 Å². The van der Waals surface area contributed by atoms with Crippen molar-refractivity contribution in [3.63, 3.8) is 0 Å². The second kappa shape index (κ2) is 9.70. The average Bonchev–Trinajstić information content (AvgIpc) is 2.71. The summed E-state index contributed by atoms with van der Waals surface area (Å²) in [5.41, 5.74) is 4.23. The van der Waals surface area contributed by atoms with E-state index in [1.807, 2.05) is 0 Å². The highest BCUT2D eigenvalue weighted by molar-refractivity contribution is 7.80. The molecule has 2 aromatic carbocycles. The van der Waals surface area contributed by atoms with Gasteiger partial charge in [0.15, 0.2) is 11.7 Å². The van der Waals surface area contributed by atoms with E-state index in [1.165, 1.54) is 42.5 Å². The lowest BCUT2D eigenvalue weighted by molar-refractivity contribution is -0.385. The number of thiocarbonyl (C=S) groups is 1. The van der Waals surface area contributed by atoms with Crippen LogP contribution in [0.1, 0.15) is 10.4 Å². The first-order chi connectivity index (χ1) is 13.8. The van der Waals surface area contributed by atoms with Crippen molar-refractivity contribution in [1.82, 2.24) is 16.2 Å². The van der Waals surface area contributed by atoms with Crippen LogP contribution in [0.3, 0.4) is 0 Å². The number of amides is 2. The lowest BCUT2D eigenvalue weighted by Crippen LogP contribution is -2.49. The van der Waals surface area contributed by atoms with E-state index in [0.29, 0.717) is 0 Å². The van der Waals surface area contributed by atoms with Crippen LogP contribution in [0.4, 0.5) is 11.4 Å². The Labute approximate surface area is 168 Å². The second-order valence-corrected chi connectivity index (χ2v) is 5.71. The van der Waals surface area contributed by atoms with Crippen molar-refractivity contribution in [3.05, 3.63) is 74.3 Å². The van der Waals surface area contributed by atoms with Gasteiger partial charge in [0.05, 0.1) is 15.9 Å². The molecule has 3 N–H and O–H groups in total. The van der Waals surface area contributed by atoms with E-state index in [-0.39, 0.29) is 27.8 Å². The highest BCUT2D eigenvalue weighted by atomic mass is 32.1. The van der Waals surface area contributed by atoms with Crippen LogP contribution in [0.25, 0.3) is 0 Å². The lowest BCUT2D eigenvalue weighted by atomic mass is 10.2. The van der Waals surface area contributed by atoms with Crippen LogP contribution < -0.4 is 20.9 Å². The van der Waals surface area contributed by atoms with Crippen LogP contribution in [0.5, 0.6) is 5.75 Å². The molecule has 0 bridgehead atoms. The number of nitrogens with zero attached hydrogens (tertiary/aromatic N) is 2. The number of nitro groups is 2. The van der Waals surface area contributed by atoms with E-state index in [1.54, 1.807) is 0 Å². The molecule has 2 aromatic rings. The number of benzene rings is 2. The molecule has 0 atom stereocenters. The first-order valence-corrected chi connectivity index (χ1v) is 8.19. The number of nitrogens with one attached hydrogen (secondary N) is 3. The van der Waals surface area contributed by atoms with Gasteiger partial charge in [0.1, 0.15) is 5.75 Å². The van der Waals surface area contributed by atoms with Crippen molar-refractivity contribution >= 4 is 40.5 Å². The van der Waals surface area contributed by atoms with Crippen LogP contribution in [0.15, 0.2) is 48.5 Å². The molecule has 12 nitrogen and oxygen atoms in total. The first-order valence-electron chi connectivity index (χ1n) is 7.78. The fourth-order valence-corrected chi connectivity index (χ4v) is 2.08. The molecule has 0 unspecified atom stereocenters. The highest BCUT2D eigenvalue weighted by Gasteiger charge is 2.12. The molecule has 150 valence electrons. The average molecular weight is 419 g/mol. The quantitative estimate of drug-likeness (QED) is 0.354. The topological polar surface area (TPSA) is 166 Å². The minimum Gasteiger partial charge on any atom is -0.483 e. The summed E-state index contributed by atoms with van der Waals surface area (Å²) in [6, 6.07) is 10.1. The number of nitro benzene ring substituents is 2. The summed E-state index contributed by atoms with van der Waals surface area (Å²) in [4.78, 5) is 43.8. The van der Waals surface area contributed by atoms with Gasteiger partial charge in [-0.1, -0.05) is 6.07 Å². The smallest absolute Gasteiger partial charge is 0.276 e. The van der Waals surface area contributed by atoms with Gasteiger partial charge in [-0.3, -0.25) is 46.0 Å². The highest BCUT2D eigenvalue weighted by Crippen LogP contribution is 2.18. The largest absolute Gasteiger partial charge is 0.483 e. The lowest BCUT2D eigenvalue weighted by Gasteiger charge is -2.11. The fraction of sp³-hybridized carbons (Fsp3) is 0.0625. The van der Waals surface area contributed by atoms with Crippen LogP contribution in [-0.4, -0.2) is 33.4 Å². The molecular formula is C16H13N5O7S. The standard InChI is InChI=1S/C16H13N5O7S/c22-14(9-28-13-3-1-2-12(8-13)21(26)27)18-19-16(29)17-15(23)10-4-6-11(7-5-10)20(24)25/h1-8H,9H2,(H,18,22)(H2,17,19,23,29). The number of hydrazine groups is 1. The summed E-state index contributed by atoms with van der Waals surface area (Å²) in [5.74, 6) is -1.17. The zero-order chi connectivity index (χ0) is 21.4. The van der Waals surface area contributed by atoms with Gasteiger partial charge in [0.2, 0.25) is 0 Å². The summed E-state index contributed by atoms with van der Waals surface area (Å²) in [5, 5.41) is 23.3. The predicted molar refractivity (Wildman–Crippen MR) is 103 cm³/mol. The number of carbonyl (C=O) groups excluding carboxylic acids is 2. The Morgan fingerprint density at radius 2 is 1.62 bits per heavy atom. The van der Waals surface area contributed by atoms with E-state index in [4.69, 9.17) is 17.0 Å². The number of ether oxygens (including phenoxy) is 1. The Kier molecular flexibility index (Phi) is 7.08. The zero-order valence-electron chi connectivity index (χ0n) is 14.5. The van der Waals surface area contributed by atoms with Gasteiger partial charge in [-0.05, 0) is 30.4 Å². The molecular weight excluding hydrogens is 406 g/mol. The maximum Gasteiger partial charge on any atom is 0.276 e. The molecule has 2 rings (SSSR count). The van der Waals surface area contributed by atoms with Crippen LogP contribution in [0, 0.1) is 20.2 Å². The summed E-state index contributed by atoms with van der Waals surface area (Å²) in [6.45, 7) is -0.465. The summed E-state index contributed by atoms with van der Waals surface area (Å²) in [6.07, 6.45) is 0. The molecule has 0 saturated carbocycles. The van der Waals surface area contributed by atoms with Crippen molar-refractivity contribution < 1.29 is 24.2 Å². The van der Waals surface area contributed by atoms with Gasteiger partial charge < -0.3 is 4.74 Å². The molecule has 0 spiro atoms. The number of rotatable bonds is 6. The summed E-state index contributed by atoms with van der Waals surface area (Å²) >= 11 is 4.86. The van der Waals surface area contributed by atoms with E-state index in [2.05, 4.69) is 16.2 Å². The Balaban J connectivity index is 1.77. The number of carbonyl (C=O) groups is 2. The van der Waals surface area contributed by atoms with Gasteiger partial charge in [-0.15, -0.1) is 0 Å². The van der Waals surface area contributed by atoms with Crippen molar-refractivity contribution in [2.75, 3.05) is 6.61 Å². The van der Waals surface area contributed by atoms with Gasteiger partial charge in [-0.2, -0.15) is 0 Å². The molecule has 0 aromatic heterocycles. The molecule has 0 aliphatic carbocycles. The second-order valence-electron chi connectivity index (χ2n) is 5.30. The van der Waals surface area contributed by atoms with Gasteiger partial charge in [0.25, 0.3) is 23.2 Å². The third kappa shape index (κ3) is 6.51. The van der Waals surface area contributed by atoms with Crippen LogP contribution >= 0.6 is 12.2 Å². The summed E-state index contributed by atoms with van der Waals surface area (Å²) in [7, 11) is 0. The molecule has 2 amide bonds. The minimum atomic E-state index is -0.663. The van der Waals surface area contributed by atoms with Crippen LogP contribution in [-0.2, 0) is 4.79 Å². The number of hydrogen-bond donors (Lipinski definition) is 3. The molecule has 13 heteroatoms. The van der Waals surface area contributed by atoms with Crippen molar-refractivity contribution in [2.24, 2.45) is 0 Å². The van der Waals surface area contributed by atoms with Crippen molar-refractivity contribution in [1.29, 1.82) is 0 Å². The van der Waals surface area contributed by atoms with Crippen molar-refractivity contribution in [2.45, 2.75) is 0 Å². The third-order valence-electron chi connectivity index (χ3n) is 3.28. The SMILES string of the molecule is O=C(COc1cccc([N+](=O)[O-])c1)NNC(=S)NC(=O)c1ccc([N+](=O)[O-])cc1. The number of hydrogen-bond acceptors (Lipinski definition) is 8. The number of non-ortho nitro benzene ring substituents is 2. The molecule has 0 heterocycles. The van der Waals surface area contributed by atoms with E-state index in [0.717, 1.165) is 6.07 Å². The zero-order valence-corrected chi connectivity index (χ0v) is 15.3. The fourth-order valence-electron chi connectivity index (χ4n) is 1.94. The van der Waals surface area contributed by atoms with Gasteiger partial charge >= 0.3 is 0 Å². The Morgan fingerprint density at radius 3 is 2.24 bits per heavy atom. The maximum absolute atomic E-state index is 12.0. The molecule has 0 radical (unpaired) electrons. The van der Waals surface area contributed by atoms with E-state index < -0.39 is 28.3 Å². The first kappa shape index (κ1) is 21.2. The summed E-state index contributed by atoms with van der Waals surface area (Å²) < 4.78 is 5.13. The Hall–Kier alpha value is -4.13. The third-order valence-corrected chi connectivity index (χ3v) is 3.49. The molecule has 29 heavy (non-hydrogen) atoms. The van der Waals surface area contributed by atoms with Gasteiger partial charge in [-0.25, -0.2) is 0 Å². The Bertz CT molecular complexity index is 964. The van der Waals surface area contributed by atoms with Crippen molar-refractivity contribution in [3.8, 4) is 5.75 Å². The molecule has 0 aliphatic rings. The predicted octanol–water partition coefficient (Wildman–Crippen LogP) is 1.22.